The van der Waals surface area contributed by atoms with Crippen LogP contribution in [-0.4, -0.2) is 33.9 Å². The molecule has 0 aliphatic carbocycles. The number of anilines is 1. The van der Waals surface area contributed by atoms with Gasteiger partial charge in [0, 0.05) is 19.2 Å². The van der Waals surface area contributed by atoms with Gasteiger partial charge in [-0.15, -0.1) is 0 Å². The summed E-state index contributed by atoms with van der Waals surface area (Å²) in [6.07, 6.45) is 3.82. The lowest BCUT2D eigenvalue weighted by Gasteiger charge is -2.31. The highest BCUT2D eigenvalue weighted by atomic mass is 16.4. The van der Waals surface area contributed by atoms with Crippen LogP contribution < -0.4 is 10.5 Å². The first kappa shape index (κ1) is 13.6. The number of carbonyl (C=O) groups is 1. The first-order chi connectivity index (χ1) is 9.06. The van der Waals surface area contributed by atoms with Crippen molar-refractivity contribution in [2.24, 2.45) is 5.92 Å². The van der Waals surface area contributed by atoms with Crippen molar-refractivity contribution in [2.75, 3.05) is 18.0 Å². The van der Waals surface area contributed by atoms with Crippen LogP contribution in [0.4, 0.5) is 5.69 Å². The Hall–Kier alpha value is -1.85. The van der Waals surface area contributed by atoms with Gasteiger partial charge in [0.1, 0.15) is 0 Å². The summed E-state index contributed by atoms with van der Waals surface area (Å²) in [4.78, 5) is 24.5. The average molecular weight is 265 g/mol. The summed E-state index contributed by atoms with van der Waals surface area (Å²) in [7, 11) is 0. The van der Waals surface area contributed by atoms with E-state index in [1.54, 1.807) is 12.3 Å². The number of carboxylic acid groups (broad SMARTS) is 1. The van der Waals surface area contributed by atoms with Crippen LogP contribution in [0.1, 0.15) is 26.2 Å². The van der Waals surface area contributed by atoms with E-state index < -0.39 is 5.97 Å². The molecule has 19 heavy (non-hydrogen) atoms. The SMILES string of the molecule is CC1CCN(c2cnn(CCC(=O)O)c(=O)c2)CC1. The van der Waals surface area contributed by atoms with Crippen LogP contribution in [0, 0.1) is 5.92 Å². The summed E-state index contributed by atoms with van der Waals surface area (Å²) in [5.41, 5.74) is 0.598. The number of piperidine rings is 1. The second kappa shape index (κ2) is 5.86. The maximum absolute atomic E-state index is 11.8. The summed E-state index contributed by atoms with van der Waals surface area (Å²) >= 11 is 0. The van der Waals surface area contributed by atoms with Crippen molar-refractivity contribution in [3.8, 4) is 0 Å². The Morgan fingerprint density at radius 3 is 2.74 bits per heavy atom. The molecule has 0 amide bonds. The normalized spacial score (nSPS) is 16.6. The first-order valence-corrected chi connectivity index (χ1v) is 6.60. The minimum atomic E-state index is -0.928. The molecular weight excluding hydrogens is 246 g/mol. The Bertz CT molecular complexity index is 504. The molecule has 1 aliphatic rings. The summed E-state index contributed by atoms with van der Waals surface area (Å²) in [6, 6.07) is 1.55. The molecule has 1 aromatic heterocycles. The average Bonchev–Trinajstić information content (AvgIpc) is 2.38. The molecule has 6 heteroatoms. The molecule has 0 unspecified atom stereocenters. The maximum Gasteiger partial charge on any atom is 0.305 e. The third kappa shape index (κ3) is 3.56. The van der Waals surface area contributed by atoms with E-state index in [2.05, 4.69) is 16.9 Å². The number of rotatable bonds is 4. The molecule has 2 rings (SSSR count). The zero-order valence-electron chi connectivity index (χ0n) is 11.1. The van der Waals surface area contributed by atoms with Crippen molar-refractivity contribution in [1.29, 1.82) is 0 Å². The van der Waals surface area contributed by atoms with E-state index in [1.807, 2.05) is 0 Å². The topological polar surface area (TPSA) is 75.4 Å². The monoisotopic (exact) mass is 265 g/mol. The molecular formula is C13H19N3O3. The fourth-order valence-corrected chi connectivity index (χ4v) is 2.23. The highest BCUT2D eigenvalue weighted by Crippen LogP contribution is 2.20. The molecule has 0 aromatic carbocycles. The Balaban J connectivity index is 2.06. The largest absolute Gasteiger partial charge is 0.481 e. The first-order valence-electron chi connectivity index (χ1n) is 6.60. The molecule has 0 radical (unpaired) electrons. The van der Waals surface area contributed by atoms with Crippen molar-refractivity contribution < 1.29 is 9.90 Å². The lowest BCUT2D eigenvalue weighted by Crippen LogP contribution is -2.34. The second-order valence-corrected chi connectivity index (χ2v) is 5.09. The standard InChI is InChI=1S/C13H19N3O3/c1-10-2-5-15(6-3-10)11-8-12(17)16(14-9-11)7-4-13(18)19/h8-10H,2-7H2,1H3,(H,18,19). The molecule has 2 heterocycles. The Morgan fingerprint density at radius 1 is 1.47 bits per heavy atom. The van der Waals surface area contributed by atoms with Crippen molar-refractivity contribution in [2.45, 2.75) is 32.7 Å². The number of hydrogen-bond acceptors (Lipinski definition) is 4. The lowest BCUT2D eigenvalue weighted by molar-refractivity contribution is -0.137. The summed E-state index contributed by atoms with van der Waals surface area (Å²) in [5, 5.41) is 12.6. The molecule has 0 bridgehead atoms. The van der Waals surface area contributed by atoms with Crippen molar-refractivity contribution in [1.82, 2.24) is 9.78 Å². The minimum absolute atomic E-state index is 0.0898. The van der Waals surface area contributed by atoms with E-state index >= 15 is 0 Å². The van der Waals surface area contributed by atoms with Gasteiger partial charge in [-0.3, -0.25) is 9.59 Å². The Labute approximate surface area is 111 Å². The van der Waals surface area contributed by atoms with Gasteiger partial charge in [-0.05, 0) is 18.8 Å². The molecule has 0 saturated carbocycles. The van der Waals surface area contributed by atoms with Gasteiger partial charge < -0.3 is 10.0 Å². The highest BCUT2D eigenvalue weighted by Gasteiger charge is 2.17. The smallest absolute Gasteiger partial charge is 0.305 e. The number of aryl methyl sites for hydroxylation is 1. The molecule has 1 aromatic rings. The predicted octanol–water partition coefficient (Wildman–Crippen LogP) is 0.954. The Morgan fingerprint density at radius 2 is 2.16 bits per heavy atom. The predicted molar refractivity (Wildman–Crippen MR) is 71.4 cm³/mol. The van der Waals surface area contributed by atoms with Gasteiger partial charge in [-0.25, -0.2) is 4.68 Å². The number of hydrogen-bond donors (Lipinski definition) is 1. The molecule has 1 saturated heterocycles. The molecule has 104 valence electrons. The lowest BCUT2D eigenvalue weighted by atomic mass is 9.99. The van der Waals surface area contributed by atoms with E-state index in [4.69, 9.17) is 5.11 Å². The van der Waals surface area contributed by atoms with Gasteiger partial charge in [-0.1, -0.05) is 6.92 Å². The summed E-state index contributed by atoms with van der Waals surface area (Å²) in [5.74, 6) is -0.192. The van der Waals surface area contributed by atoms with Crippen LogP contribution >= 0.6 is 0 Å². The van der Waals surface area contributed by atoms with Crippen molar-refractivity contribution in [3.63, 3.8) is 0 Å². The molecule has 1 fully saturated rings. The van der Waals surface area contributed by atoms with Gasteiger partial charge in [0.2, 0.25) is 0 Å². The molecule has 6 nitrogen and oxygen atoms in total. The fraction of sp³-hybridized carbons (Fsp3) is 0.615. The second-order valence-electron chi connectivity index (χ2n) is 5.09. The quantitative estimate of drug-likeness (QED) is 0.877. The van der Waals surface area contributed by atoms with E-state index in [0.717, 1.165) is 37.5 Å². The van der Waals surface area contributed by atoms with Gasteiger partial charge in [0.15, 0.2) is 0 Å². The molecule has 1 N–H and O–H groups in total. The van der Waals surface area contributed by atoms with Gasteiger partial charge in [0.05, 0.1) is 24.8 Å². The molecule has 1 aliphatic heterocycles. The number of carboxylic acids is 1. The maximum atomic E-state index is 11.8. The number of aromatic nitrogens is 2. The molecule has 0 spiro atoms. The van der Waals surface area contributed by atoms with Crippen LogP contribution in [0.15, 0.2) is 17.1 Å². The van der Waals surface area contributed by atoms with Crippen molar-refractivity contribution in [3.05, 3.63) is 22.6 Å². The number of aliphatic carboxylic acids is 1. The van der Waals surface area contributed by atoms with Crippen LogP contribution in [0.2, 0.25) is 0 Å². The minimum Gasteiger partial charge on any atom is -0.481 e. The zero-order valence-corrected chi connectivity index (χ0v) is 11.1. The van der Waals surface area contributed by atoms with Gasteiger partial charge >= 0.3 is 5.97 Å². The highest BCUT2D eigenvalue weighted by molar-refractivity contribution is 5.66. The van der Waals surface area contributed by atoms with E-state index in [0.29, 0.717) is 0 Å². The molecule has 0 atom stereocenters. The van der Waals surface area contributed by atoms with Crippen molar-refractivity contribution >= 4 is 11.7 Å². The van der Waals surface area contributed by atoms with Crippen LogP contribution in [0.25, 0.3) is 0 Å². The van der Waals surface area contributed by atoms with Crippen LogP contribution in [0.5, 0.6) is 0 Å². The van der Waals surface area contributed by atoms with E-state index in [-0.39, 0.29) is 18.5 Å². The number of nitrogens with zero attached hydrogens (tertiary/aromatic N) is 3. The van der Waals surface area contributed by atoms with Crippen LogP contribution in [0.3, 0.4) is 0 Å². The third-order valence-electron chi connectivity index (χ3n) is 3.54. The summed E-state index contributed by atoms with van der Waals surface area (Å²) < 4.78 is 1.20. The van der Waals surface area contributed by atoms with E-state index in [1.165, 1.54) is 4.68 Å². The fourth-order valence-electron chi connectivity index (χ4n) is 2.23. The van der Waals surface area contributed by atoms with Gasteiger partial charge in [0.25, 0.3) is 5.56 Å². The van der Waals surface area contributed by atoms with Gasteiger partial charge in [-0.2, -0.15) is 5.10 Å². The van der Waals surface area contributed by atoms with E-state index in [9.17, 15) is 9.59 Å². The van der Waals surface area contributed by atoms with Crippen LogP contribution in [-0.2, 0) is 11.3 Å². The third-order valence-corrected chi connectivity index (χ3v) is 3.54. The Kier molecular flexibility index (Phi) is 4.19. The zero-order chi connectivity index (χ0) is 13.8. The summed E-state index contributed by atoms with van der Waals surface area (Å²) in [6.45, 7) is 4.24.